The summed E-state index contributed by atoms with van der Waals surface area (Å²) in [7, 11) is 0. The molecule has 0 spiro atoms. The average molecular weight is 323 g/mol. The minimum atomic E-state index is -0.194. The number of aryl methyl sites for hydroxylation is 1. The second-order valence-electron chi connectivity index (χ2n) is 4.61. The van der Waals surface area contributed by atoms with Crippen molar-refractivity contribution in [3.8, 4) is 5.75 Å². The van der Waals surface area contributed by atoms with E-state index in [1.807, 2.05) is 16.9 Å². The topological polar surface area (TPSA) is 68.2 Å². The molecular formula is C15H19ClN4O2. The van der Waals surface area contributed by atoms with E-state index in [9.17, 15) is 4.79 Å². The molecule has 118 valence electrons. The molecule has 2 aromatic rings. The number of carbonyl (C=O) groups is 1. The van der Waals surface area contributed by atoms with Crippen molar-refractivity contribution in [3.05, 3.63) is 47.7 Å². The maximum atomic E-state index is 11.5. The second kappa shape index (κ2) is 8.94. The van der Waals surface area contributed by atoms with Crippen LogP contribution in [0.25, 0.3) is 0 Å². The van der Waals surface area contributed by atoms with E-state index in [0.717, 1.165) is 18.7 Å². The van der Waals surface area contributed by atoms with Crippen LogP contribution in [0.15, 0.2) is 42.7 Å². The Labute approximate surface area is 134 Å². The molecule has 0 saturated carbocycles. The van der Waals surface area contributed by atoms with Crippen LogP contribution in [0, 0.1) is 0 Å². The van der Waals surface area contributed by atoms with Crippen molar-refractivity contribution < 1.29 is 9.53 Å². The number of hydrogen-bond acceptors (Lipinski definition) is 3. The zero-order chi connectivity index (χ0) is 15.6. The molecule has 0 radical (unpaired) electrons. The van der Waals surface area contributed by atoms with Gasteiger partial charge in [0.15, 0.2) is 0 Å². The average Bonchev–Trinajstić information content (AvgIpc) is 3.03. The van der Waals surface area contributed by atoms with Gasteiger partial charge in [-0.2, -0.15) is 5.10 Å². The zero-order valence-electron chi connectivity index (χ0n) is 12.2. The highest BCUT2D eigenvalue weighted by Crippen LogP contribution is 2.14. The van der Waals surface area contributed by atoms with Crippen LogP contribution >= 0.6 is 11.6 Å². The maximum Gasteiger partial charge on any atom is 0.314 e. The minimum Gasteiger partial charge on any atom is -0.492 e. The molecule has 0 aliphatic heterocycles. The number of hydrogen-bond donors (Lipinski definition) is 2. The van der Waals surface area contributed by atoms with Gasteiger partial charge in [-0.25, -0.2) is 4.79 Å². The molecule has 1 aromatic heterocycles. The fraction of sp³-hybridized carbons (Fsp3) is 0.333. The summed E-state index contributed by atoms with van der Waals surface area (Å²) in [5.41, 5.74) is 0. The number of urea groups is 1. The quantitative estimate of drug-likeness (QED) is 0.733. The Morgan fingerprint density at radius 3 is 2.73 bits per heavy atom. The molecule has 0 aliphatic rings. The van der Waals surface area contributed by atoms with Crippen LogP contribution in [-0.2, 0) is 6.54 Å². The number of benzene rings is 1. The van der Waals surface area contributed by atoms with E-state index in [-0.39, 0.29) is 6.03 Å². The van der Waals surface area contributed by atoms with Crippen molar-refractivity contribution in [1.82, 2.24) is 20.4 Å². The third-order valence-corrected chi connectivity index (χ3v) is 3.13. The predicted octanol–water partition coefficient (Wildman–Crippen LogP) is 2.30. The van der Waals surface area contributed by atoms with Crippen LogP contribution in [0.5, 0.6) is 5.75 Å². The van der Waals surface area contributed by atoms with Gasteiger partial charge < -0.3 is 15.4 Å². The van der Waals surface area contributed by atoms with E-state index in [1.54, 1.807) is 30.5 Å². The molecule has 1 heterocycles. The third-order valence-electron chi connectivity index (χ3n) is 2.88. The van der Waals surface area contributed by atoms with E-state index >= 15 is 0 Å². The lowest BCUT2D eigenvalue weighted by Gasteiger charge is -2.09. The summed E-state index contributed by atoms with van der Waals surface area (Å²) in [5.74, 6) is 0.728. The smallest absolute Gasteiger partial charge is 0.314 e. The summed E-state index contributed by atoms with van der Waals surface area (Å²) in [6, 6.07) is 8.78. The number of nitrogens with zero attached hydrogens (tertiary/aromatic N) is 2. The van der Waals surface area contributed by atoms with Gasteiger partial charge in [0.05, 0.1) is 6.54 Å². The fourth-order valence-electron chi connectivity index (χ4n) is 1.80. The lowest BCUT2D eigenvalue weighted by Crippen LogP contribution is -2.38. The Bertz CT molecular complexity index is 557. The Morgan fingerprint density at radius 2 is 2.00 bits per heavy atom. The minimum absolute atomic E-state index is 0.194. The van der Waals surface area contributed by atoms with Crippen LogP contribution in [0.3, 0.4) is 0 Å². The van der Waals surface area contributed by atoms with Gasteiger partial charge in [-0.1, -0.05) is 11.6 Å². The standard InChI is InChI=1S/C15H19ClN4O2/c16-13-3-5-14(6-4-13)22-12-9-18-15(21)17-7-1-10-20-11-2-8-19-20/h2-6,8,11H,1,7,9-10,12H2,(H2,17,18,21). The lowest BCUT2D eigenvalue weighted by atomic mass is 10.3. The summed E-state index contributed by atoms with van der Waals surface area (Å²) in [6.07, 6.45) is 4.46. The number of nitrogens with one attached hydrogen (secondary N) is 2. The van der Waals surface area contributed by atoms with Gasteiger partial charge in [0, 0.05) is 30.5 Å². The normalized spacial score (nSPS) is 10.2. The fourth-order valence-corrected chi connectivity index (χ4v) is 1.93. The first-order valence-corrected chi connectivity index (χ1v) is 7.49. The Kier molecular flexibility index (Phi) is 6.57. The summed E-state index contributed by atoms with van der Waals surface area (Å²) in [6.45, 7) is 2.23. The highest BCUT2D eigenvalue weighted by molar-refractivity contribution is 6.30. The second-order valence-corrected chi connectivity index (χ2v) is 5.04. The van der Waals surface area contributed by atoms with Crippen molar-refractivity contribution in [2.75, 3.05) is 19.7 Å². The van der Waals surface area contributed by atoms with Crippen LogP contribution in [0.1, 0.15) is 6.42 Å². The van der Waals surface area contributed by atoms with Gasteiger partial charge in [0.25, 0.3) is 0 Å². The Balaban J connectivity index is 1.49. The molecule has 1 aromatic carbocycles. The van der Waals surface area contributed by atoms with Crippen molar-refractivity contribution >= 4 is 17.6 Å². The summed E-state index contributed by atoms with van der Waals surface area (Å²) < 4.78 is 7.31. The van der Waals surface area contributed by atoms with Crippen LogP contribution < -0.4 is 15.4 Å². The third kappa shape index (κ3) is 6.05. The lowest BCUT2D eigenvalue weighted by molar-refractivity contribution is 0.236. The van der Waals surface area contributed by atoms with E-state index in [4.69, 9.17) is 16.3 Å². The number of aromatic nitrogens is 2. The van der Waals surface area contributed by atoms with Gasteiger partial charge in [0.2, 0.25) is 0 Å². The summed E-state index contributed by atoms with van der Waals surface area (Å²) in [5, 5.41) is 10.3. The molecular weight excluding hydrogens is 304 g/mol. The molecule has 0 aliphatic carbocycles. The highest BCUT2D eigenvalue weighted by Gasteiger charge is 1.99. The summed E-state index contributed by atoms with van der Waals surface area (Å²) in [4.78, 5) is 11.5. The van der Waals surface area contributed by atoms with Crippen molar-refractivity contribution in [2.45, 2.75) is 13.0 Å². The first-order chi connectivity index (χ1) is 10.7. The number of halogens is 1. The van der Waals surface area contributed by atoms with E-state index in [0.29, 0.717) is 24.7 Å². The van der Waals surface area contributed by atoms with Gasteiger partial charge in [-0.15, -0.1) is 0 Å². The molecule has 2 amide bonds. The van der Waals surface area contributed by atoms with Gasteiger partial charge in [-0.3, -0.25) is 4.68 Å². The zero-order valence-corrected chi connectivity index (χ0v) is 12.9. The molecule has 0 fully saturated rings. The van der Waals surface area contributed by atoms with Crippen molar-refractivity contribution in [1.29, 1.82) is 0 Å². The monoisotopic (exact) mass is 322 g/mol. The largest absolute Gasteiger partial charge is 0.492 e. The van der Waals surface area contributed by atoms with Gasteiger partial charge >= 0.3 is 6.03 Å². The first kappa shape index (κ1) is 16.2. The molecule has 0 saturated heterocycles. The van der Waals surface area contributed by atoms with Crippen LogP contribution in [0.2, 0.25) is 5.02 Å². The van der Waals surface area contributed by atoms with Gasteiger partial charge in [0.1, 0.15) is 12.4 Å². The maximum absolute atomic E-state index is 11.5. The highest BCUT2D eigenvalue weighted by atomic mass is 35.5. The Morgan fingerprint density at radius 1 is 1.23 bits per heavy atom. The molecule has 6 nitrogen and oxygen atoms in total. The van der Waals surface area contributed by atoms with E-state index < -0.39 is 0 Å². The van der Waals surface area contributed by atoms with E-state index in [2.05, 4.69) is 15.7 Å². The molecule has 22 heavy (non-hydrogen) atoms. The molecule has 2 rings (SSSR count). The van der Waals surface area contributed by atoms with Crippen molar-refractivity contribution in [2.24, 2.45) is 0 Å². The number of carbonyl (C=O) groups excluding carboxylic acids is 1. The van der Waals surface area contributed by atoms with Crippen LogP contribution in [0.4, 0.5) is 4.79 Å². The van der Waals surface area contributed by atoms with Crippen LogP contribution in [-0.4, -0.2) is 35.5 Å². The number of rotatable bonds is 8. The first-order valence-electron chi connectivity index (χ1n) is 7.11. The van der Waals surface area contributed by atoms with Crippen molar-refractivity contribution in [3.63, 3.8) is 0 Å². The molecule has 0 unspecified atom stereocenters. The summed E-state index contributed by atoms with van der Waals surface area (Å²) >= 11 is 5.78. The number of ether oxygens (including phenoxy) is 1. The van der Waals surface area contributed by atoms with E-state index in [1.165, 1.54) is 0 Å². The Hall–Kier alpha value is -2.21. The van der Waals surface area contributed by atoms with Gasteiger partial charge in [-0.05, 0) is 36.8 Å². The SMILES string of the molecule is O=C(NCCCn1cccn1)NCCOc1ccc(Cl)cc1. The molecule has 7 heteroatoms. The molecule has 0 atom stereocenters. The molecule has 0 bridgehead atoms. The predicted molar refractivity (Wildman–Crippen MR) is 85.2 cm³/mol. The number of amides is 2. The molecule has 2 N–H and O–H groups in total.